The first kappa shape index (κ1) is 14.2. The molecule has 0 bridgehead atoms. The minimum Gasteiger partial charge on any atom is -0.487 e. The van der Waals surface area contributed by atoms with Gasteiger partial charge in [0.15, 0.2) is 16.6 Å². The van der Waals surface area contributed by atoms with Crippen LogP contribution in [0.5, 0.6) is 5.75 Å². The van der Waals surface area contributed by atoms with Gasteiger partial charge in [0, 0.05) is 13.1 Å². The first-order valence-electron chi connectivity index (χ1n) is 6.13. The Morgan fingerprint density at radius 1 is 1.53 bits per heavy atom. The van der Waals surface area contributed by atoms with Crippen molar-refractivity contribution in [2.24, 2.45) is 5.92 Å². The Hall–Kier alpha value is -1.18. The number of nitrogen functional groups attached to an aromatic ring is 1. The minimum atomic E-state index is -4.15. The summed E-state index contributed by atoms with van der Waals surface area (Å²) in [6, 6.07) is 0. The van der Waals surface area contributed by atoms with Crippen molar-refractivity contribution in [1.29, 1.82) is 0 Å². The van der Waals surface area contributed by atoms with Crippen LogP contribution < -0.4 is 15.4 Å². The third-order valence-electron chi connectivity index (χ3n) is 3.12. The molecule has 1 atom stereocenters. The van der Waals surface area contributed by atoms with E-state index in [0.717, 1.165) is 11.5 Å². The molecule has 1 fully saturated rings. The average Bonchev–Trinajstić information content (AvgIpc) is 2.71. The highest BCUT2D eigenvalue weighted by atomic mass is 32.1. The maximum atomic E-state index is 12.8. The van der Waals surface area contributed by atoms with Gasteiger partial charge < -0.3 is 15.4 Å². The number of halogens is 3. The summed E-state index contributed by atoms with van der Waals surface area (Å²) in [5.41, 5.74) is 5.68. The van der Waals surface area contributed by atoms with Gasteiger partial charge in [-0.2, -0.15) is 17.5 Å². The quantitative estimate of drug-likeness (QED) is 0.931. The Bertz CT molecular complexity index is 435. The standard InChI is InChI=1S/C11H16F3N3OS/c1-2-18-8-9(15)16-19-10(8)17-5-3-4-7(6-17)11(12,13)14/h7H,2-6H2,1H3,(H2,15,16). The van der Waals surface area contributed by atoms with E-state index in [-0.39, 0.29) is 18.8 Å². The van der Waals surface area contributed by atoms with Gasteiger partial charge in [-0.25, -0.2) is 0 Å². The molecule has 2 N–H and O–H groups in total. The van der Waals surface area contributed by atoms with E-state index in [1.807, 2.05) is 0 Å². The lowest BCUT2D eigenvalue weighted by Crippen LogP contribution is -2.41. The van der Waals surface area contributed by atoms with Crippen molar-refractivity contribution in [3.05, 3.63) is 0 Å². The van der Waals surface area contributed by atoms with E-state index < -0.39 is 12.1 Å². The molecular formula is C11H16F3N3OS. The van der Waals surface area contributed by atoms with Gasteiger partial charge in [-0.15, -0.1) is 0 Å². The lowest BCUT2D eigenvalue weighted by molar-refractivity contribution is -0.175. The first-order chi connectivity index (χ1) is 8.93. The zero-order valence-electron chi connectivity index (χ0n) is 10.5. The molecule has 2 heterocycles. The molecule has 0 aliphatic carbocycles. The van der Waals surface area contributed by atoms with Crippen molar-refractivity contribution in [1.82, 2.24) is 4.37 Å². The third kappa shape index (κ3) is 3.05. The van der Waals surface area contributed by atoms with E-state index in [4.69, 9.17) is 10.5 Å². The zero-order chi connectivity index (χ0) is 14.0. The number of rotatable bonds is 3. The Morgan fingerprint density at radius 3 is 2.89 bits per heavy atom. The normalized spacial score (nSPS) is 20.6. The fourth-order valence-electron chi connectivity index (χ4n) is 2.20. The molecule has 108 valence electrons. The summed E-state index contributed by atoms with van der Waals surface area (Å²) in [5.74, 6) is -0.634. The van der Waals surface area contributed by atoms with Gasteiger partial charge in [0.05, 0.1) is 12.5 Å². The molecule has 1 aliphatic rings. The van der Waals surface area contributed by atoms with Crippen LogP contribution in [-0.2, 0) is 0 Å². The molecule has 2 rings (SSSR count). The lowest BCUT2D eigenvalue weighted by atomic mass is 9.98. The highest BCUT2D eigenvalue weighted by Crippen LogP contribution is 2.42. The number of ether oxygens (including phenoxy) is 1. The number of hydrogen-bond donors (Lipinski definition) is 1. The molecule has 1 aromatic heterocycles. The summed E-state index contributed by atoms with van der Waals surface area (Å²) in [7, 11) is 0. The summed E-state index contributed by atoms with van der Waals surface area (Å²) in [6.07, 6.45) is -3.47. The van der Waals surface area contributed by atoms with E-state index in [0.29, 0.717) is 30.3 Å². The average molecular weight is 295 g/mol. The van der Waals surface area contributed by atoms with E-state index >= 15 is 0 Å². The SMILES string of the molecule is CCOc1c(N)nsc1N1CCCC(C(F)(F)F)C1. The second-order valence-corrected chi connectivity index (χ2v) is 5.21. The smallest absolute Gasteiger partial charge is 0.393 e. The molecule has 1 aromatic rings. The molecule has 0 amide bonds. The van der Waals surface area contributed by atoms with Crippen LogP contribution >= 0.6 is 11.5 Å². The number of piperidine rings is 1. The van der Waals surface area contributed by atoms with Gasteiger partial charge in [-0.1, -0.05) is 0 Å². The van der Waals surface area contributed by atoms with Crippen LogP contribution in [-0.4, -0.2) is 30.2 Å². The molecule has 8 heteroatoms. The Morgan fingerprint density at radius 2 is 2.26 bits per heavy atom. The van der Waals surface area contributed by atoms with Crippen LogP contribution in [0.4, 0.5) is 24.0 Å². The molecule has 0 saturated carbocycles. The lowest BCUT2D eigenvalue weighted by Gasteiger charge is -2.34. The zero-order valence-corrected chi connectivity index (χ0v) is 11.4. The second kappa shape index (κ2) is 5.44. The van der Waals surface area contributed by atoms with E-state index in [2.05, 4.69) is 4.37 Å². The van der Waals surface area contributed by atoms with Crippen LogP contribution in [0.1, 0.15) is 19.8 Å². The predicted octanol–water partition coefficient (Wildman–Crippen LogP) is 2.90. The third-order valence-corrected chi connectivity index (χ3v) is 4.02. The summed E-state index contributed by atoms with van der Waals surface area (Å²) >= 11 is 1.09. The van der Waals surface area contributed by atoms with Crippen molar-refractivity contribution >= 4 is 22.4 Å². The summed E-state index contributed by atoms with van der Waals surface area (Å²) in [6.45, 7) is 2.74. The van der Waals surface area contributed by atoms with Crippen molar-refractivity contribution in [3.8, 4) is 5.75 Å². The van der Waals surface area contributed by atoms with Gasteiger partial charge >= 0.3 is 6.18 Å². The molecule has 0 spiro atoms. The number of anilines is 2. The Balaban J connectivity index is 2.17. The number of hydrogen-bond acceptors (Lipinski definition) is 5. The molecule has 19 heavy (non-hydrogen) atoms. The number of nitrogens with two attached hydrogens (primary N) is 1. The van der Waals surface area contributed by atoms with Crippen molar-refractivity contribution < 1.29 is 17.9 Å². The van der Waals surface area contributed by atoms with Crippen LogP contribution in [0, 0.1) is 5.92 Å². The minimum absolute atomic E-state index is 0.0504. The molecule has 1 saturated heterocycles. The first-order valence-corrected chi connectivity index (χ1v) is 6.90. The van der Waals surface area contributed by atoms with E-state index in [9.17, 15) is 13.2 Å². The topological polar surface area (TPSA) is 51.4 Å². The van der Waals surface area contributed by atoms with Gasteiger partial charge in [-0.3, -0.25) is 0 Å². The fraction of sp³-hybridized carbons (Fsp3) is 0.727. The Labute approximate surface area is 113 Å². The molecule has 0 radical (unpaired) electrons. The van der Waals surface area contributed by atoms with E-state index in [1.54, 1.807) is 11.8 Å². The van der Waals surface area contributed by atoms with Crippen molar-refractivity contribution in [3.63, 3.8) is 0 Å². The highest BCUT2D eigenvalue weighted by Gasteiger charge is 2.42. The number of nitrogens with zero attached hydrogens (tertiary/aromatic N) is 2. The van der Waals surface area contributed by atoms with E-state index in [1.165, 1.54) is 0 Å². The molecular weight excluding hydrogens is 279 g/mol. The van der Waals surface area contributed by atoms with Gasteiger partial charge in [0.25, 0.3) is 0 Å². The van der Waals surface area contributed by atoms with Gasteiger partial charge in [0.1, 0.15) is 0 Å². The fourth-order valence-corrected chi connectivity index (χ4v) is 2.99. The monoisotopic (exact) mass is 295 g/mol. The van der Waals surface area contributed by atoms with Crippen LogP contribution in [0.3, 0.4) is 0 Å². The van der Waals surface area contributed by atoms with Crippen LogP contribution in [0.2, 0.25) is 0 Å². The maximum Gasteiger partial charge on any atom is 0.393 e. The number of aromatic nitrogens is 1. The van der Waals surface area contributed by atoms with Crippen LogP contribution in [0.15, 0.2) is 0 Å². The largest absolute Gasteiger partial charge is 0.487 e. The number of alkyl halides is 3. The van der Waals surface area contributed by atoms with Crippen molar-refractivity contribution in [2.75, 3.05) is 30.3 Å². The Kier molecular flexibility index (Phi) is 4.07. The predicted molar refractivity (Wildman–Crippen MR) is 68.7 cm³/mol. The van der Waals surface area contributed by atoms with Crippen LogP contribution in [0.25, 0.3) is 0 Å². The summed E-state index contributed by atoms with van der Waals surface area (Å²) in [5, 5.41) is 0.605. The summed E-state index contributed by atoms with van der Waals surface area (Å²) in [4.78, 5) is 1.68. The van der Waals surface area contributed by atoms with Crippen molar-refractivity contribution in [2.45, 2.75) is 25.9 Å². The molecule has 0 aromatic carbocycles. The maximum absolute atomic E-state index is 12.8. The summed E-state index contributed by atoms with van der Waals surface area (Å²) < 4.78 is 47.7. The van der Waals surface area contributed by atoms with Gasteiger partial charge in [-0.05, 0) is 31.3 Å². The molecule has 4 nitrogen and oxygen atoms in total. The molecule has 1 unspecified atom stereocenters. The second-order valence-electron chi connectivity index (χ2n) is 4.46. The van der Waals surface area contributed by atoms with Gasteiger partial charge in [0.2, 0.25) is 0 Å². The molecule has 1 aliphatic heterocycles. The highest BCUT2D eigenvalue weighted by molar-refractivity contribution is 7.11.